The minimum Gasteiger partial charge on any atom is -0.311 e. The molecule has 0 amide bonds. The average molecular weight is 223 g/mol. The zero-order valence-corrected chi connectivity index (χ0v) is 10.8. The second-order valence-electron chi connectivity index (χ2n) is 4.90. The number of aryl methyl sites for hydroxylation is 1. The fourth-order valence-corrected chi connectivity index (χ4v) is 2.04. The number of halogens is 1. The normalized spacial score (nSPS) is 15.2. The molecular formula is C14H22FN. The summed E-state index contributed by atoms with van der Waals surface area (Å²) in [6, 6.07) is 5.82. The van der Waals surface area contributed by atoms with Crippen LogP contribution in [-0.2, 0) is 0 Å². The third-order valence-corrected chi connectivity index (χ3v) is 3.08. The average Bonchev–Trinajstić information content (AvgIpc) is 2.19. The molecule has 0 fully saturated rings. The molecule has 0 radical (unpaired) electrons. The van der Waals surface area contributed by atoms with Crippen LogP contribution in [0.5, 0.6) is 0 Å². The van der Waals surface area contributed by atoms with Gasteiger partial charge in [0.15, 0.2) is 0 Å². The standard InChI is InChI=1S/C14H22FN/c1-9(2)16-12(5)11(4)14-8-13(15)7-6-10(14)3/h6-9,11-12,16H,1-5H3. The molecule has 0 spiro atoms. The molecule has 1 rings (SSSR count). The quantitative estimate of drug-likeness (QED) is 0.822. The van der Waals surface area contributed by atoms with Gasteiger partial charge in [-0.15, -0.1) is 0 Å². The second kappa shape index (κ2) is 5.44. The van der Waals surface area contributed by atoms with E-state index in [0.717, 1.165) is 11.1 Å². The summed E-state index contributed by atoms with van der Waals surface area (Å²) in [5.41, 5.74) is 2.26. The molecule has 2 atom stereocenters. The first-order chi connectivity index (χ1) is 7.41. The van der Waals surface area contributed by atoms with Gasteiger partial charge in [-0.25, -0.2) is 4.39 Å². The lowest BCUT2D eigenvalue weighted by Crippen LogP contribution is -2.36. The number of hydrogen-bond donors (Lipinski definition) is 1. The van der Waals surface area contributed by atoms with Crippen molar-refractivity contribution in [1.29, 1.82) is 0 Å². The first-order valence-electron chi connectivity index (χ1n) is 5.94. The summed E-state index contributed by atoms with van der Waals surface area (Å²) in [5, 5.41) is 3.47. The molecule has 1 nitrogen and oxygen atoms in total. The van der Waals surface area contributed by atoms with E-state index in [1.54, 1.807) is 6.07 Å². The lowest BCUT2D eigenvalue weighted by atomic mass is 9.90. The summed E-state index contributed by atoms with van der Waals surface area (Å²) in [7, 11) is 0. The van der Waals surface area contributed by atoms with E-state index < -0.39 is 0 Å². The Bertz CT molecular complexity index is 347. The van der Waals surface area contributed by atoms with Gasteiger partial charge in [0.05, 0.1) is 0 Å². The van der Waals surface area contributed by atoms with Gasteiger partial charge >= 0.3 is 0 Å². The fraction of sp³-hybridized carbons (Fsp3) is 0.571. The van der Waals surface area contributed by atoms with Gasteiger partial charge in [0.2, 0.25) is 0 Å². The highest BCUT2D eigenvalue weighted by molar-refractivity contribution is 5.30. The molecule has 16 heavy (non-hydrogen) atoms. The van der Waals surface area contributed by atoms with E-state index in [2.05, 4.69) is 33.0 Å². The number of benzene rings is 1. The van der Waals surface area contributed by atoms with Crippen molar-refractivity contribution in [1.82, 2.24) is 5.32 Å². The topological polar surface area (TPSA) is 12.0 Å². The van der Waals surface area contributed by atoms with E-state index >= 15 is 0 Å². The van der Waals surface area contributed by atoms with E-state index in [1.165, 1.54) is 6.07 Å². The Morgan fingerprint density at radius 1 is 1.12 bits per heavy atom. The lowest BCUT2D eigenvalue weighted by Gasteiger charge is -2.25. The monoisotopic (exact) mass is 223 g/mol. The molecule has 1 aromatic carbocycles. The van der Waals surface area contributed by atoms with Gasteiger partial charge < -0.3 is 5.32 Å². The number of nitrogens with one attached hydrogen (secondary N) is 1. The summed E-state index contributed by atoms with van der Waals surface area (Å²) in [5.74, 6) is 0.169. The van der Waals surface area contributed by atoms with Crippen molar-refractivity contribution in [2.45, 2.75) is 52.6 Å². The van der Waals surface area contributed by atoms with Crippen molar-refractivity contribution in [2.24, 2.45) is 0 Å². The number of hydrogen-bond acceptors (Lipinski definition) is 1. The van der Waals surface area contributed by atoms with Crippen LogP contribution in [0, 0.1) is 12.7 Å². The van der Waals surface area contributed by atoms with Crippen LogP contribution in [0.25, 0.3) is 0 Å². The molecule has 0 saturated heterocycles. The van der Waals surface area contributed by atoms with Gasteiger partial charge in [-0.2, -0.15) is 0 Å². The van der Waals surface area contributed by atoms with Crippen LogP contribution >= 0.6 is 0 Å². The van der Waals surface area contributed by atoms with Gasteiger partial charge in [-0.3, -0.25) is 0 Å². The predicted octanol–water partition coefficient (Wildman–Crippen LogP) is 3.62. The minimum atomic E-state index is -0.149. The molecule has 0 bridgehead atoms. The van der Waals surface area contributed by atoms with Gasteiger partial charge in [-0.1, -0.05) is 26.8 Å². The third-order valence-electron chi connectivity index (χ3n) is 3.08. The molecule has 2 unspecified atom stereocenters. The Kier molecular flexibility index (Phi) is 4.48. The zero-order chi connectivity index (χ0) is 12.3. The molecule has 90 valence electrons. The maximum absolute atomic E-state index is 13.2. The van der Waals surface area contributed by atoms with E-state index in [1.807, 2.05) is 13.0 Å². The summed E-state index contributed by atoms with van der Waals surface area (Å²) >= 11 is 0. The SMILES string of the molecule is Cc1ccc(F)cc1C(C)C(C)NC(C)C. The first kappa shape index (κ1) is 13.2. The minimum absolute atomic E-state index is 0.149. The number of rotatable bonds is 4. The second-order valence-corrected chi connectivity index (χ2v) is 4.90. The summed E-state index contributed by atoms with van der Waals surface area (Å²) in [4.78, 5) is 0. The molecule has 2 heteroatoms. The van der Waals surface area contributed by atoms with Crippen LogP contribution in [0.4, 0.5) is 4.39 Å². The highest BCUT2D eigenvalue weighted by Crippen LogP contribution is 2.23. The van der Waals surface area contributed by atoms with E-state index in [4.69, 9.17) is 0 Å². The van der Waals surface area contributed by atoms with Gasteiger partial charge in [-0.05, 0) is 43.0 Å². The van der Waals surface area contributed by atoms with Crippen LogP contribution in [0.3, 0.4) is 0 Å². The van der Waals surface area contributed by atoms with Crippen molar-refractivity contribution in [3.8, 4) is 0 Å². The summed E-state index contributed by atoms with van der Waals surface area (Å²) in [6.07, 6.45) is 0. The third kappa shape index (κ3) is 3.31. The van der Waals surface area contributed by atoms with Crippen LogP contribution in [0.2, 0.25) is 0 Å². The summed E-state index contributed by atoms with van der Waals surface area (Å²) in [6.45, 7) is 10.6. The smallest absolute Gasteiger partial charge is 0.123 e. The van der Waals surface area contributed by atoms with Crippen molar-refractivity contribution in [2.75, 3.05) is 0 Å². The van der Waals surface area contributed by atoms with Crippen molar-refractivity contribution < 1.29 is 4.39 Å². The molecular weight excluding hydrogens is 201 g/mol. The Morgan fingerprint density at radius 2 is 1.75 bits per heavy atom. The van der Waals surface area contributed by atoms with Gasteiger partial charge in [0.1, 0.15) is 5.82 Å². The zero-order valence-electron chi connectivity index (χ0n) is 10.8. The Hall–Kier alpha value is -0.890. The Morgan fingerprint density at radius 3 is 2.31 bits per heavy atom. The maximum atomic E-state index is 13.2. The molecule has 0 aliphatic heterocycles. The van der Waals surface area contributed by atoms with E-state index in [9.17, 15) is 4.39 Å². The van der Waals surface area contributed by atoms with Crippen LogP contribution < -0.4 is 5.32 Å². The molecule has 0 saturated carbocycles. The highest BCUT2D eigenvalue weighted by atomic mass is 19.1. The summed E-state index contributed by atoms with van der Waals surface area (Å²) < 4.78 is 13.2. The first-order valence-corrected chi connectivity index (χ1v) is 5.94. The highest BCUT2D eigenvalue weighted by Gasteiger charge is 2.17. The molecule has 0 aromatic heterocycles. The fourth-order valence-electron chi connectivity index (χ4n) is 2.04. The van der Waals surface area contributed by atoms with Crippen molar-refractivity contribution >= 4 is 0 Å². The van der Waals surface area contributed by atoms with Gasteiger partial charge in [0, 0.05) is 12.1 Å². The molecule has 1 N–H and O–H groups in total. The van der Waals surface area contributed by atoms with Crippen molar-refractivity contribution in [3.05, 3.63) is 35.1 Å². The van der Waals surface area contributed by atoms with Gasteiger partial charge in [0.25, 0.3) is 0 Å². The van der Waals surface area contributed by atoms with Crippen molar-refractivity contribution in [3.63, 3.8) is 0 Å². The maximum Gasteiger partial charge on any atom is 0.123 e. The predicted molar refractivity (Wildman–Crippen MR) is 67.3 cm³/mol. The van der Waals surface area contributed by atoms with E-state index in [-0.39, 0.29) is 5.82 Å². The Labute approximate surface area is 98.1 Å². The van der Waals surface area contributed by atoms with E-state index in [0.29, 0.717) is 18.0 Å². The molecule has 0 aliphatic rings. The molecule has 0 aliphatic carbocycles. The Balaban J connectivity index is 2.86. The van der Waals surface area contributed by atoms with Crippen LogP contribution in [-0.4, -0.2) is 12.1 Å². The lowest BCUT2D eigenvalue weighted by molar-refractivity contribution is 0.437. The van der Waals surface area contributed by atoms with Crippen LogP contribution in [0.15, 0.2) is 18.2 Å². The molecule has 0 heterocycles. The molecule has 1 aromatic rings. The van der Waals surface area contributed by atoms with Crippen LogP contribution in [0.1, 0.15) is 44.7 Å². The largest absolute Gasteiger partial charge is 0.311 e.